The minimum atomic E-state index is -4.32. The van der Waals surface area contributed by atoms with Gasteiger partial charge in [-0.3, -0.25) is 0 Å². The first-order chi connectivity index (χ1) is 9.50. The summed E-state index contributed by atoms with van der Waals surface area (Å²) in [6, 6.07) is 5.01. The lowest BCUT2D eigenvalue weighted by Crippen LogP contribution is -2.38. The highest BCUT2D eigenvalue weighted by Gasteiger charge is 2.30. The molecule has 1 aromatic rings. The Labute approximate surface area is 120 Å². The van der Waals surface area contributed by atoms with Crippen molar-refractivity contribution >= 4 is 11.8 Å². The number of benzene rings is 1. The van der Waals surface area contributed by atoms with Crippen molar-refractivity contribution in [3.05, 3.63) is 35.4 Å². The lowest BCUT2D eigenvalue weighted by molar-refractivity contribution is -0.137. The Bertz CT molecular complexity index is 415. The predicted octanol–water partition coefficient (Wildman–Crippen LogP) is 3.22. The summed E-state index contributed by atoms with van der Waals surface area (Å²) in [5.74, 6) is 2.14. The SMILES string of the molecule is OC[C@@H](N[C@H]1CCCSC1)c1ccc(C(F)(F)F)cc1. The molecule has 0 bridgehead atoms. The van der Waals surface area contributed by atoms with E-state index >= 15 is 0 Å². The van der Waals surface area contributed by atoms with Crippen LogP contribution in [0.3, 0.4) is 0 Å². The van der Waals surface area contributed by atoms with Gasteiger partial charge in [0.25, 0.3) is 0 Å². The molecule has 2 atom stereocenters. The molecule has 2 N–H and O–H groups in total. The van der Waals surface area contributed by atoms with E-state index in [1.165, 1.54) is 12.1 Å². The Hall–Kier alpha value is -0.720. The zero-order valence-electron chi connectivity index (χ0n) is 11.0. The molecule has 112 valence electrons. The second-order valence-corrected chi connectivity index (χ2v) is 6.09. The minimum absolute atomic E-state index is 0.119. The number of hydrogen-bond acceptors (Lipinski definition) is 3. The van der Waals surface area contributed by atoms with Crippen LogP contribution >= 0.6 is 11.8 Å². The van der Waals surface area contributed by atoms with Crippen LogP contribution in [0.1, 0.15) is 30.0 Å². The van der Waals surface area contributed by atoms with Crippen molar-refractivity contribution in [2.24, 2.45) is 0 Å². The standard InChI is InChI=1S/C14H18F3NOS/c15-14(16,17)11-5-3-10(4-6-11)13(8-19)18-12-2-1-7-20-9-12/h3-6,12-13,18-19H,1-2,7-9H2/t12-,13+/m0/s1. The fraction of sp³-hybridized carbons (Fsp3) is 0.571. The summed E-state index contributed by atoms with van der Waals surface area (Å²) in [5.41, 5.74) is 0.0298. The van der Waals surface area contributed by atoms with E-state index in [9.17, 15) is 18.3 Å². The molecule has 1 aliphatic rings. The summed E-state index contributed by atoms with van der Waals surface area (Å²) in [6.45, 7) is -0.119. The van der Waals surface area contributed by atoms with Gasteiger partial charge in [0.05, 0.1) is 18.2 Å². The van der Waals surface area contributed by atoms with Gasteiger partial charge in [0.15, 0.2) is 0 Å². The molecule has 1 aliphatic heterocycles. The number of aliphatic hydroxyl groups is 1. The van der Waals surface area contributed by atoms with Crippen LogP contribution in [-0.2, 0) is 6.18 Å². The largest absolute Gasteiger partial charge is 0.416 e. The van der Waals surface area contributed by atoms with Crippen LogP contribution in [0.5, 0.6) is 0 Å². The van der Waals surface area contributed by atoms with Gasteiger partial charge in [-0.2, -0.15) is 24.9 Å². The van der Waals surface area contributed by atoms with E-state index in [2.05, 4.69) is 5.32 Å². The fourth-order valence-electron chi connectivity index (χ4n) is 2.32. The van der Waals surface area contributed by atoms with Gasteiger partial charge < -0.3 is 10.4 Å². The first kappa shape index (κ1) is 15.7. The lowest BCUT2D eigenvalue weighted by Gasteiger charge is -2.27. The highest BCUT2D eigenvalue weighted by molar-refractivity contribution is 7.99. The molecule has 20 heavy (non-hydrogen) atoms. The summed E-state index contributed by atoms with van der Waals surface area (Å²) >= 11 is 1.86. The number of rotatable bonds is 4. The number of halogens is 3. The molecular formula is C14H18F3NOS. The predicted molar refractivity (Wildman–Crippen MR) is 74.8 cm³/mol. The van der Waals surface area contributed by atoms with Crippen LogP contribution in [0.2, 0.25) is 0 Å². The van der Waals surface area contributed by atoms with Crippen molar-refractivity contribution < 1.29 is 18.3 Å². The summed E-state index contributed by atoms with van der Waals surface area (Å²) < 4.78 is 37.5. The molecule has 2 rings (SSSR count). The molecule has 1 saturated heterocycles. The van der Waals surface area contributed by atoms with Gasteiger partial charge in [0.2, 0.25) is 0 Å². The molecule has 0 aromatic heterocycles. The van der Waals surface area contributed by atoms with Crippen LogP contribution in [0.25, 0.3) is 0 Å². The zero-order valence-corrected chi connectivity index (χ0v) is 11.8. The Morgan fingerprint density at radius 3 is 2.50 bits per heavy atom. The zero-order chi connectivity index (χ0) is 14.6. The number of hydrogen-bond donors (Lipinski definition) is 2. The molecule has 1 heterocycles. The summed E-state index contributed by atoms with van der Waals surface area (Å²) in [7, 11) is 0. The normalized spacial score (nSPS) is 21.7. The van der Waals surface area contributed by atoms with Gasteiger partial charge in [-0.15, -0.1) is 0 Å². The lowest BCUT2D eigenvalue weighted by atomic mass is 10.0. The van der Waals surface area contributed by atoms with Crippen molar-refractivity contribution in [3.63, 3.8) is 0 Å². The smallest absolute Gasteiger partial charge is 0.394 e. The van der Waals surface area contributed by atoms with Crippen molar-refractivity contribution in [1.82, 2.24) is 5.32 Å². The summed E-state index contributed by atoms with van der Waals surface area (Å²) in [5, 5.41) is 12.8. The highest BCUT2D eigenvalue weighted by atomic mass is 32.2. The molecule has 0 spiro atoms. The average molecular weight is 305 g/mol. The maximum Gasteiger partial charge on any atom is 0.416 e. The Morgan fingerprint density at radius 2 is 2.00 bits per heavy atom. The second kappa shape index (κ2) is 6.83. The van der Waals surface area contributed by atoms with Crippen LogP contribution < -0.4 is 5.32 Å². The quantitative estimate of drug-likeness (QED) is 0.896. The van der Waals surface area contributed by atoms with Crippen LogP contribution in [0.4, 0.5) is 13.2 Å². The number of thioether (sulfide) groups is 1. The van der Waals surface area contributed by atoms with E-state index in [0.717, 1.165) is 36.5 Å². The van der Waals surface area contributed by atoms with Gasteiger partial charge in [-0.05, 0) is 36.3 Å². The molecule has 0 radical (unpaired) electrons. The van der Waals surface area contributed by atoms with Crippen molar-refractivity contribution in [3.8, 4) is 0 Å². The van der Waals surface area contributed by atoms with Crippen molar-refractivity contribution in [1.29, 1.82) is 0 Å². The van der Waals surface area contributed by atoms with Crippen LogP contribution in [-0.4, -0.2) is 29.3 Å². The van der Waals surface area contributed by atoms with E-state index < -0.39 is 11.7 Å². The molecule has 1 aromatic carbocycles. The maximum atomic E-state index is 12.5. The molecule has 2 nitrogen and oxygen atoms in total. The average Bonchev–Trinajstić information content (AvgIpc) is 2.45. The molecule has 1 fully saturated rings. The molecular weight excluding hydrogens is 287 g/mol. The molecule has 0 saturated carbocycles. The van der Waals surface area contributed by atoms with Gasteiger partial charge >= 0.3 is 6.18 Å². The van der Waals surface area contributed by atoms with E-state index in [0.29, 0.717) is 11.6 Å². The summed E-state index contributed by atoms with van der Waals surface area (Å²) in [4.78, 5) is 0. The molecule has 0 unspecified atom stereocenters. The summed E-state index contributed by atoms with van der Waals surface area (Å²) in [6.07, 6.45) is -2.14. The first-order valence-corrected chi connectivity index (χ1v) is 7.78. The highest BCUT2D eigenvalue weighted by Crippen LogP contribution is 2.30. The third-order valence-electron chi connectivity index (χ3n) is 3.42. The number of aliphatic hydroxyl groups excluding tert-OH is 1. The van der Waals surface area contributed by atoms with Gasteiger partial charge in [0, 0.05) is 11.8 Å². The van der Waals surface area contributed by atoms with E-state index in [4.69, 9.17) is 0 Å². The van der Waals surface area contributed by atoms with Crippen molar-refractivity contribution in [2.45, 2.75) is 31.1 Å². The monoisotopic (exact) mass is 305 g/mol. The Kier molecular flexibility index (Phi) is 5.35. The maximum absolute atomic E-state index is 12.5. The topological polar surface area (TPSA) is 32.3 Å². The van der Waals surface area contributed by atoms with Crippen LogP contribution in [0.15, 0.2) is 24.3 Å². The third kappa shape index (κ3) is 4.14. The number of alkyl halides is 3. The van der Waals surface area contributed by atoms with Crippen molar-refractivity contribution in [2.75, 3.05) is 18.1 Å². The van der Waals surface area contributed by atoms with E-state index in [1.807, 2.05) is 11.8 Å². The first-order valence-electron chi connectivity index (χ1n) is 6.62. The fourth-order valence-corrected chi connectivity index (χ4v) is 3.40. The minimum Gasteiger partial charge on any atom is -0.394 e. The second-order valence-electron chi connectivity index (χ2n) is 4.94. The van der Waals surface area contributed by atoms with E-state index in [1.54, 1.807) is 0 Å². The number of nitrogens with one attached hydrogen (secondary N) is 1. The Balaban J connectivity index is 2.03. The van der Waals surface area contributed by atoms with Gasteiger partial charge in [-0.25, -0.2) is 0 Å². The van der Waals surface area contributed by atoms with E-state index in [-0.39, 0.29) is 12.6 Å². The van der Waals surface area contributed by atoms with Gasteiger partial charge in [0.1, 0.15) is 0 Å². The molecule has 0 aliphatic carbocycles. The van der Waals surface area contributed by atoms with Gasteiger partial charge in [-0.1, -0.05) is 12.1 Å². The molecule has 0 amide bonds. The third-order valence-corrected chi connectivity index (χ3v) is 4.64. The Morgan fingerprint density at radius 1 is 1.30 bits per heavy atom. The van der Waals surface area contributed by atoms with Crippen LogP contribution in [0, 0.1) is 0 Å². The molecule has 6 heteroatoms.